The van der Waals surface area contributed by atoms with E-state index in [9.17, 15) is 0 Å². The lowest BCUT2D eigenvalue weighted by Gasteiger charge is -2.28. The molecule has 0 heterocycles. The maximum Gasteiger partial charge on any atom is 1.00 e. The van der Waals surface area contributed by atoms with Gasteiger partial charge in [-0.05, 0) is 25.7 Å². The van der Waals surface area contributed by atoms with Crippen LogP contribution in [0, 0.1) is 0 Å². The lowest BCUT2D eigenvalue weighted by molar-refractivity contribution is 0.814. The minimum atomic E-state index is -0.562. The maximum atomic E-state index is 2.36. The van der Waals surface area contributed by atoms with E-state index < -0.39 is 7.26 Å². The molecule has 0 radical (unpaired) electrons. The summed E-state index contributed by atoms with van der Waals surface area (Å²) in [6.45, 7) is 9.42. The topological polar surface area (TPSA) is 0 Å². The van der Waals surface area contributed by atoms with Crippen molar-refractivity contribution in [2.45, 2.75) is 79.1 Å². The van der Waals surface area contributed by atoms with Gasteiger partial charge in [0.2, 0.25) is 0 Å². The third-order valence-electron chi connectivity index (χ3n) is 3.94. The maximum absolute atomic E-state index is 2.36. The van der Waals surface area contributed by atoms with Gasteiger partial charge in [0.1, 0.15) is 0 Å². The van der Waals surface area contributed by atoms with Gasteiger partial charge in [-0.3, -0.25) is 0 Å². The fraction of sp³-hybridized carbons (Fsp3) is 1.00. The van der Waals surface area contributed by atoms with Gasteiger partial charge in [0.25, 0.3) is 0 Å². The van der Waals surface area contributed by atoms with Crippen LogP contribution < -0.4 is 0 Å². The number of hydrogen-bond donors (Lipinski definition) is 0. The average Bonchev–Trinajstić information content (AvgIpc) is 2.37. The van der Waals surface area contributed by atoms with Crippen LogP contribution in [0.15, 0.2) is 0 Å². The number of unbranched alkanes of at least 4 members (excludes halogenated alkanes) is 4. The van der Waals surface area contributed by atoms with Crippen molar-refractivity contribution in [1.82, 2.24) is 0 Å². The van der Waals surface area contributed by atoms with Crippen molar-refractivity contribution in [3.8, 4) is 0 Å². The lowest BCUT2D eigenvalue weighted by Crippen LogP contribution is -2.12. The second-order valence-electron chi connectivity index (χ2n) is 5.65. The SMILES string of the molecule is CCCC[P+](CCCC)(CCCC)CCCC.[H+]. The fourth-order valence-electron chi connectivity index (χ4n) is 2.64. The molecule has 1 heteroatoms. The summed E-state index contributed by atoms with van der Waals surface area (Å²) in [6, 6.07) is 0. The summed E-state index contributed by atoms with van der Waals surface area (Å²) in [5.41, 5.74) is 0. The molecule has 17 heavy (non-hydrogen) atoms. The molecular formula is C16H37P+2. The van der Waals surface area contributed by atoms with Crippen molar-refractivity contribution in [1.29, 1.82) is 0 Å². The average molecular weight is 260 g/mol. The third kappa shape index (κ3) is 8.20. The number of hydrogen-bond acceptors (Lipinski definition) is 0. The van der Waals surface area contributed by atoms with Gasteiger partial charge < -0.3 is 0 Å². The van der Waals surface area contributed by atoms with Gasteiger partial charge in [-0.15, -0.1) is 0 Å². The predicted molar refractivity (Wildman–Crippen MR) is 87.1 cm³/mol. The fourth-order valence-corrected chi connectivity index (χ4v) is 7.93. The van der Waals surface area contributed by atoms with E-state index in [0.717, 1.165) is 0 Å². The van der Waals surface area contributed by atoms with Crippen molar-refractivity contribution >= 4 is 7.26 Å². The first-order chi connectivity index (χ1) is 8.24. The highest BCUT2D eigenvalue weighted by molar-refractivity contribution is 7.75. The molecule has 0 N–H and O–H groups in total. The van der Waals surface area contributed by atoms with Crippen LogP contribution in [0.1, 0.15) is 80.5 Å². The Labute approximate surface area is 113 Å². The molecule has 0 aromatic heterocycles. The van der Waals surface area contributed by atoms with Crippen LogP contribution in [0.3, 0.4) is 0 Å². The Bertz CT molecular complexity index is 122. The highest BCUT2D eigenvalue weighted by Crippen LogP contribution is 2.61. The molecule has 0 bridgehead atoms. The largest absolute Gasteiger partial charge is 1.00 e. The summed E-state index contributed by atoms with van der Waals surface area (Å²) in [5.74, 6) is 0. The van der Waals surface area contributed by atoms with Crippen LogP contribution in [-0.4, -0.2) is 24.6 Å². The van der Waals surface area contributed by atoms with Crippen LogP contribution in [0.25, 0.3) is 0 Å². The monoisotopic (exact) mass is 260 g/mol. The minimum Gasteiger partial charge on any atom is -0.0652 e. The first kappa shape index (κ1) is 17.4. The van der Waals surface area contributed by atoms with E-state index in [1.165, 1.54) is 51.4 Å². The second-order valence-corrected chi connectivity index (χ2v) is 10.1. The smallest absolute Gasteiger partial charge is 0.0652 e. The highest BCUT2D eigenvalue weighted by Gasteiger charge is 2.34. The quantitative estimate of drug-likeness (QED) is 0.360. The molecule has 0 amide bonds. The molecule has 104 valence electrons. The summed E-state index contributed by atoms with van der Waals surface area (Å²) in [7, 11) is -0.562. The first-order valence-corrected chi connectivity index (χ1v) is 10.6. The number of rotatable bonds is 12. The van der Waals surface area contributed by atoms with Crippen LogP contribution in [-0.2, 0) is 0 Å². The van der Waals surface area contributed by atoms with Crippen molar-refractivity contribution in [3.05, 3.63) is 0 Å². The molecule has 0 spiro atoms. The van der Waals surface area contributed by atoms with E-state index in [1.807, 2.05) is 0 Å². The minimum absolute atomic E-state index is 0. The van der Waals surface area contributed by atoms with E-state index in [-0.39, 0.29) is 1.43 Å². The molecule has 0 aliphatic heterocycles. The molecule has 0 nitrogen and oxygen atoms in total. The molecular weight excluding hydrogens is 223 g/mol. The van der Waals surface area contributed by atoms with Gasteiger partial charge in [-0.1, -0.05) is 53.4 Å². The Morgan fingerprint density at radius 3 is 0.941 bits per heavy atom. The third-order valence-corrected chi connectivity index (χ3v) is 9.00. The normalized spacial score (nSPS) is 12.0. The van der Waals surface area contributed by atoms with Crippen LogP contribution in [0.4, 0.5) is 0 Å². The molecule has 0 aromatic rings. The van der Waals surface area contributed by atoms with Crippen molar-refractivity contribution in [2.75, 3.05) is 24.6 Å². The Kier molecular flexibility index (Phi) is 11.8. The Morgan fingerprint density at radius 1 is 0.529 bits per heavy atom. The summed E-state index contributed by atoms with van der Waals surface area (Å²) < 4.78 is 0. The van der Waals surface area contributed by atoms with E-state index >= 15 is 0 Å². The van der Waals surface area contributed by atoms with Crippen LogP contribution >= 0.6 is 7.26 Å². The standard InChI is InChI=1S/C16H36P/c1-5-9-13-17(14-10-6-2,15-11-7-3)16-12-8-4/h5-16H2,1-4H3/q+1/p+1. The Hall–Kier alpha value is 0.430. The molecule has 0 unspecified atom stereocenters. The predicted octanol–water partition coefficient (Wildman–Crippen LogP) is 6.32. The van der Waals surface area contributed by atoms with E-state index in [0.29, 0.717) is 0 Å². The molecule has 0 fully saturated rings. The summed E-state index contributed by atoms with van der Waals surface area (Å²) in [4.78, 5) is 0. The van der Waals surface area contributed by atoms with Crippen molar-refractivity contribution in [2.24, 2.45) is 0 Å². The second kappa shape index (κ2) is 11.5. The molecule has 0 saturated carbocycles. The van der Waals surface area contributed by atoms with E-state index in [1.54, 1.807) is 24.6 Å². The molecule has 0 saturated heterocycles. The van der Waals surface area contributed by atoms with Gasteiger partial charge in [0.05, 0.1) is 24.6 Å². The van der Waals surface area contributed by atoms with Crippen LogP contribution in [0.2, 0.25) is 0 Å². The van der Waals surface area contributed by atoms with Crippen LogP contribution in [0.5, 0.6) is 0 Å². The van der Waals surface area contributed by atoms with Gasteiger partial charge in [-0.2, -0.15) is 0 Å². The zero-order valence-corrected chi connectivity index (χ0v) is 13.8. The summed E-state index contributed by atoms with van der Waals surface area (Å²) >= 11 is 0. The van der Waals surface area contributed by atoms with Crippen molar-refractivity contribution in [3.63, 3.8) is 0 Å². The molecule has 0 atom stereocenters. The van der Waals surface area contributed by atoms with E-state index in [2.05, 4.69) is 27.7 Å². The van der Waals surface area contributed by atoms with Gasteiger partial charge in [-0.25, -0.2) is 0 Å². The molecule has 0 aliphatic carbocycles. The van der Waals surface area contributed by atoms with Crippen molar-refractivity contribution < 1.29 is 1.43 Å². The van der Waals surface area contributed by atoms with E-state index in [4.69, 9.17) is 0 Å². The zero-order valence-electron chi connectivity index (χ0n) is 13.9. The molecule has 0 rings (SSSR count). The molecule has 0 aromatic carbocycles. The highest BCUT2D eigenvalue weighted by atomic mass is 31.2. The summed E-state index contributed by atoms with van der Waals surface area (Å²) in [5, 5.41) is 0. The van der Waals surface area contributed by atoms with Gasteiger partial charge in [0.15, 0.2) is 0 Å². The Morgan fingerprint density at radius 2 is 0.765 bits per heavy atom. The lowest BCUT2D eigenvalue weighted by atomic mass is 10.4. The molecule has 0 aliphatic rings. The van der Waals surface area contributed by atoms with Gasteiger partial charge in [0, 0.05) is 7.26 Å². The van der Waals surface area contributed by atoms with Gasteiger partial charge >= 0.3 is 1.43 Å². The summed E-state index contributed by atoms with van der Waals surface area (Å²) in [6.07, 6.45) is 17.9. The first-order valence-electron chi connectivity index (χ1n) is 8.09. The Balaban J connectivity index is 0. The zero-order chi connectivity index (χ0) is 13.0.